The minimum absolute atomic E-state index is 0. The van der Waals surface area contributed by atoms with Crippen LogP contribution < -0.4 is 4.40 Å². The van der Waals surface area contributed by atoms with E-state index in [1.54, 1.807) is 4.40 Å². The minimum Gasteiger partial charge on any atom is -0.486 e. The summed E-state index contributed by atoms with van der Waals surface area (Å²) in [7, 11) is 0. The van der Waals surface area contributed by atoms with Crippen molar-refractivity contribution < 1.29 is 24.5 Å². The number of fused-ring (bicyclic) bond motifs is 4. The number of para-hydroxylation sites is 3. The van der Waals surface area contributed by atoms with Crippen LogP contribution in [0, 0.1) is 18.1 Å². The summed E-state index contributed by atoms with van der Waals surface area (Å²) in [4.78, 5) is 14.6. The third kappa shape index (κ3) is 8.95. The number of pyridine rings is 2. The van der Waals surface area contributed by atoms with Crippen molar-refractivity contribution in [3.05, 3.63) is 138 Å². The van der Waals surface area contributed by atoms with E-state index in [1.165, 1.54) is 22.4 Å². The second-order valence-electron chi connectivity index (χ2n) is 17.7. The molecule has 8 aromatic rings. The SMILES string of the molecule is CC(C)Cc1cc(-c2[c-]cccc2)nc[c]1[Ge]([CH3])([CH3])[CH3].CC(C)c1ccc2c(n1)oc1c[c-]c(-c3nc4ccccc4n3-c3c(C(C)C)cccc3C(C)C)cc12.[Ir]. The summed E-state index contributed by atoms with van der Waals surface area (Å²) in [5, 5.41) is 2.05. The fraction of sp³-hybridized carbons (Fsp3) is 0.314. The molecule has 0 fully saturated rings. The van der Waals surface area contributed by atoms with Crippen LogP contribution in [-0.4, -0.2) is 32.8 Å². The molecule has 0 atom stereocenters. The van der Waals surface area contributed by atoms with Gasteiger partial charge in [0.25, 0.3) is 0 Å². The summed E-state index contributed by atoms with van der Waals surface area (Å²) in [6.45, 7) is 17.9. The maximum Gasteiger partial charge on any atom is 0.216 e. The summed E-state index contributed by atoms with van der Waals surface area (Å²) < 4.78 is 10.0. The van der Waals surface area contributed by atoms with Crippen LogP contribution in [-0.2, 0) is 26.5 Å². The number of rotatable bonds is 9. The zero-order valence-electron chi connectivity index (χ0n) is 35.9. The van der Waals surface area contributed by atoms with Crippen molar-refractivity contribution in [3.63, 3.8) is 0 Å². The Bertz CT molecular complexity index is 2640. The second kappa shape index (κ2) is 17.9. The van der Waals surface area contributed by atoms with Gasteiger partial charge in [-0.15, -0.1) is 23.8 Å². The Kier molecular flexibility index (Phi) is 13.3. The van der Waals surface area contributed by atoms with Gasteiger partial charge in [-0.1, -0.05) is 77.3 Å². The van der Waals surface area contributed by atoms with E-state index in [1.807, 2.05) is 24.3 Å². The molecule has 0 bridgehead atoms. The predicted molar refractivity (Wildman–Crippen MR) is 243 cm³/mol. The van der Waals surface area contributed by atoms with Gasteiger partial charge in [-0.3, -0.25) is 4.98 Å². The summed E-state index contributed by atoms with van der Waals surface area (Å²) >= 11 is -1.86. The first-order chi connectivity index (χ1) is 27.2. The third-order valence-corrected chi connectivity index (χ3v) is 15.0. The van der Waals surface area contributed by atoms with Gasteiger partial charge in [0, 0.05) is 36.9 Å². The van der Waals surface area contributed by atoms with E-state index in [-0.39, 0.29) is 20.1 Å². The Hall–Kier alpha value is -4.36. The average molecular weight is 1010 g/mol. The Labute approximate surface area is 361 Å². The minimum atomic E-state index is -1.86. The zero-order chi connectivity index (χ0) is 40.6. The van der Waals surface area contributed by atoms with E-state index >= 15 is 0 Å². The molecule has 0 aliphatic carbocycles. The van der Waals surface area contributed by atoms with E-state index in [9.17, 15) is 0 Å². The van der Waals surface area contributed by atoms with Crippen LogP contribution in [0.1, 0.15) is 95.5 Å². The largest absolute Gasteiger partial charge is 0.486 e. The van der Waals surface area contributed by atoms with Gasteiger partial charge >= 0.3 is 126 Å². The van der Waals surface area contributed by atoms with Gasteiger partial charge in [0.1, 0.15) is 0 Å². The first kappa shape index (κ1) is 43.2. The van der Waals surface area contributed by atoms with Gasteiger partial charge < -0.3 is 8.98 Å². The van der Waals surface area contributed by atoms with Gasteiger partial charge in [0.05, 0.1) is 22.4 Å². The predicted octanol–water partition coefficient (Wildman–Crippen LogP) is 13.4. The molecule has 301 valence electrons. The molecular weight excluding hydrogens is 949 g/mol. The molecule has 0 amide bonds. The van der Waals surface area contributed by atoms with Crippen molar-refractivity contribution in [2.24, 2.45) is 5.92 Å². The van der Waals surface area contributed by atoms with E-state index < -0.39 is 13.3 Å². The van der Waals surface area contributed by atoms with E-state index in [2.05, 4.69) is 168 Å². The van der Waals surface area contributed by atoms with Gasteiger partial charge in [-0.05, 0) is 53.1 Å². The monoisotopic (exact) mass is 1010 g/mol. The van der Waals surface area contributed by atoms with Crippen LogP contribution in [0.15, 0.2) is 108 Å². The van der Waals surface area contributed by atoms with E-state index in [0.717, 1.165) is 62.1 Å². The number of furan rings is 1. The second-order valence-corrected chi connectivity index (χ2v) is 28.2. The molecule has 1 radical (unpaired) electrons. The molecule has 8 rings (SSSR count). The maximum absolute atomic E-state index is 6.14. The average Bonchev–Trinajstić information content (AvgIpc) is 3.75. The molecule has 5 nitrogen and oxygen atoms in total. The van der Waals surface area contributed by atoms with Gasteiger partial charge in [-0.25, -0.2) is 4.98 Å². The number of nitrogens with zero attached hydrogens (tertiary/aromatic N) is 4. The van der Waals surface area contributed by atoms with Crippen molar-refractivity contribution in [3.8, 4) is 28.3 Å². The Morgan fingerprint density at radius 1 is 0.707 bits per heavy atom. The van der Waals surface area contributed by atoms with Gasteiger partial charge in [0.15, 0.2) is 0 Å². The molecule has 4 aromatic carbocycles. The van der Waals surface area contributed by atoms with Crippen molar-refractivity contribution in [1.29, 1.82) is 0 Å². The van der Waals surface area contributed by atoms with Gasteiger partial charge in [-0.2, -0.15) is 0 Å². The quantitative estimate of drug-likeness (QED) is 0.107. The van der Waals surface area contributed by atoms with E-state index in [4.69, 9.17) is 19.4 Å². The number of benzene rings is 4. The molecule has 0 spiro atoms. The maximum atomic E-state index is 6.14. The summed E-state index contributed by atoms with van der Waals surface area (Å²) in [5.74, 6) is 9.96. The van der Waals surface area contributed by atoms with Gasteiger partial charge in [0.2, 0.25) is 5.71 Å². The van der Waals surface area contributed by atoms with Crippen LogP contribution in [0.2, 0.25) is 17.3 Å². The van der Waals surface area contributed by atoms with Crippen LogP contribution in [0.3, 0.4) is 0 Å². The van der Waals surface area contributed by atoms with Crippen LogP contribution in [0.4, 0.5) is 0 Å². The first-order valence-electron chi connectivity index (χ1n) is 20.5. The van der Waals surface area contributed by atoms with Crippen molar-refractivity contribution in [1.82, 2.24) is 19.5 Å². The van der Waals surface area contributed by atoms with Crippen LogP contribution in [0.5, 0.6) is 0 Å². The van der Waals surface area contributed by atoms with Crippen molar-refractivity contribution >= 4 is 50.8 Å². The smallest absolute Gasteiger partial charge is 0.216 e. The number of imidazole rings is 1. The molecule has 0 saturated heterocycles. The summed E-state index contributed by atoms with van der Waals surface area (Å²) in [5.41, 5.74) is 13.0. The number of hydrogen-bond donors (Lipinski definition) is 0. The van der Waals surface area contributed by atoms with E-state index in [0.29, 0.717) is 29.4 Å². The van der Waals surface area contributed by atoms with Crippen molar-refractivity contribution in [2.45, 2.75) is 96.8 Å². The van der Waals surface area contributed by atoms with Crippen LogP contribution >= 0.6 is 0 Å². The summed E-state index contributed by atoms with van der Waals surface area (Å²) in [6, 6.07) is 40.5. The third-order valence-electron chi connectivity index (χ3n) is 10.7. The Morgan fingerprint density at radius 3 is 2.05 bits per heavy atom. The summed E-state index contributed by atoms with van der Waals surface area (Å²) in [6.07, 6.45) is 3.27. The fourth-order valence-electron chi connectivity index (χ4n) is 7.75. The fourth-order valence-corrected chi connectivity index (χ4v) is 11.1. The molecule has 58 heavy (non-hydrogen) atoms. The molecule has 0 saturated carbocycles. The topological polar surface area (TPSA) is 56.7 Å². The molecular formula is C51H56GeIrN4O-2. The molecule has 0 N–H and O–H groups in total. The van der Waals surface area contributed by atoms with Crippen molar-refractivity contribution in [2.75, 3.05) is 0 Å². The number of hydrogen-bond acceptors (Lipinski definition) is 4. The standard InChI is InChI=1S/C33H32N3O.C18H24GeN.Ir/c1-19(2)23-10-9-11-24(20(3)4)31(23)36-29-13-8-7-12-28(29)34-32(36)22-14-17-30-26(18-22)25-15-16-27(21(5)6)35-33(25)37-30;1-14(2)11-16-12-18(15-9-7-6-8-10-15)20-13-17(16)19(3,4)5;/h7-13,15-21H,1-6H3;6-9,12-14H,11H2,1-5H3;/q2*-1;. The molecule has 0 unspecified atom stereocenters. The Morgan fingerprint density at radius 2 is 1.41 bits per heavy atom. The molecule has 7 heteroatoms. The first-order valence-corrected chi connectivity index (χ1v) is 27.9. The number of aromatic nitrogens is 4. The normalized spacial score (nSPS) is 11.9. The molecule has 4 aromatic heterocycles. The molecule has 4 heterocycles. The Balaban J connectivity index is 0.000000230. The molecule has 0 aliphatic heterocycles. The molecule has 0 aliphatic rings. The zero-order valence-corrected chi connectivity index (χ0v) is 40.4. The van der Waals surface area contributed by atoms with Crippen LogP contribution in [0.25, 0.3) is 61.4 Å².